The highest BCUT2D eigenvalue weighted by molar-refractivity contribution is 6.09. The normalized spacial score (nSPS) is 9.89. The van der Waals surface area contributed by atoms with E-state index in [1.165, 1.54) is 0 Å². The maximum Gasteiger partial charge on any atom is 0.193 e. The van der Waals surface area contributed by atoms with Gasteiger partial charge in [-0.25, -0.2) is 0 Å². The number of carbonyl (C=O) groups is 1. The molecule has 4 heteroatoms. The third-order valence-electron chi connectivity index (χ3n) is 4.35. The summed E-state index contributed by atoms with van der Waals surface area (Å²) in [6.45, 7) is 2.43. The van der Waals surface area contributed by atoms with Gasteiger partial charge in [0.1, 0.15) is 5.84 Å². The summed E-state index contributed by atoms with van der Waals surface area (Å²) in [5.74, 6) is 6.22. The first-order valence-electron chi connectivity index (χ1n) is 8.92. The Morgan fingerprint density at radius 3 is 2.25 bits per heavy atom. The number of aryl methyl sites for hydroxylation is 1. The average molecular weight is 367 g/mol. The standard InChI is InChI=1S/C24H21N3O/c1-17-5-2-3-7-22(17)23(28)19-10-8-18(9-11-19)6-4-16-27-21-14-12-20(13-15-21)24(25)26/h2-3,5,7-15,27H,16H2,1H3,(H3,25,26). The lowest BCUT2D eigenvalue weighted by Crippen LogP contribution is -2.10. The molecule has 0 amide bonds. The van der Waals surface area contributed by atoms with Gasteiger partial charge in [-0.3, -0.25) is 10.2 Å². The molecule has 3 aromatic carbocycles. The Balaban J connectivity index is 1.60. The van der Waals surface area contributed by atoms with E-state index in [-0.39, 0.29) is 11.6 Å². The van der Waals surface area contributed by atoms with Gasteiger partial charge >= 0.3 is 0 Å². The van der Waals surface area contributed by atoms with E-state index >= 15 is 0 Å². The number of rotatable bonds is 5. The SMILES string of the molecule is Cc1ccccc1C(=O)c1ccc(C#CCNc2ccc(C(=N)N)cc2)cc1. The summed E-state index contributed by atoms with van der Waals surface area (Å²) in [6, 6.07) is 22.3. The van der Waals surface area contributed by atoms with Crippen molar-refractivity contribution in [2.75, 3.05) is 11.9 Å². The number of nitrogen functional groups attached to an aromatic ring is 1. The quantitative estimate of drug-likeness (QED) is 0.276. The van der Waals surface area contributed by atoms with Crippen LogP contribution in [0.1, 0.15) is 32.6 Å². The molecule has 0 bridgehead atoms. The zero-order chi connectivity index (χ0) is 19.9. The summed E-state index contributed by atoms with van der Waals surface area (Å²) < 4.78 is 0. The fourth-order valence-electron chi connectivity index (χ4n) is 2.75. The number of amidine groups is 1. The molecule has 0 unspecified atom stereocenters. The van der Waals surface area contributed by atoms with Gasteiger partial charge in [-0.05, 0) is 61.0 Å². The van der Waals surface area contributed by atoms with Crippen molar-refractivity contribution < 1.29 is 4.79 Å². The van der Waals surface area contributed by atoms with Crippen LogP contribution in [0.3, 0.4) is 0 Å². The smallest absolute Gasteiger partial charge is 0.193 e. The Labute approximate surface area is 164 Å². The van der Waals surface area contributed by atoms with Crippen molar-refractivity contribution >= 4 is 17.3 Å². The zero-order valence-electron chi connectivity index (χ0n) is 15.6. The van der Waals surface area contributed by atoms with E-state index in [9.17, 15) is 4.79 Å². The van der Waals surface area contributed by atoms with Crippen LogP contribution in [0.25, 0.3) is 0 Å². The molecule has 3 rings (SSSR count). The van der Waals surface area contributed by atoms with Crippen LogP contribution in [0.2, 0.25) is 0 Å². The van der Waals surface area contributed by atoms with Crippen LogP contribution in [0.4, 0.5) is 5.69 Å². The number of hydrogen-bond donors (Lipinski definition) is 3. The number of ketones is 1. The average Bonchev–Trinajstić information content (AvgIpc) is 2.72. The second-order valence-electron chi connectivity index (χ2n) is 6.37. The number of anilines is 1. The molecule has 0 aliphatic carbocycles. The molecule has 0 aliphatic heterocycles. The van der Waals surface area contributed by atoms with Gasteiger partial charge in [0.05, 0.1) is 6.54 Å². The van der Waals surface area contributed by atoms with Crippen LogP contribution in [0.15, 0.2) is 72.8 Å². The zero-order valence-corrected chi connectivity index (χ0v) is 15.6. The van der Waals surface area contributed by atoms with Crippen LogP contribution in [-0.4, -0.2) is 18.2 Å². The molecule has 0 radical (unpaired) electrons. The first kappa shape index (κ1) is 18.9. The maximum absolute atomic E-state index is 12.6. The predicted molar refractivity (Wildman–Crippen MR) is 114 cm³/mol. The van der Waals surface area contributed by atoms with Crippen molar-refractivity contribution in [2.24, 2.45) is 5.73 Å². The number of benzene rings is 3. The van der Waals surface area contributed by atoms with E-state index in [1.807, 2.05) is 67.6 Å². The van der Waals surface area contributed by atoms with Crippen LogP contribution in [0, 0.1) is 24.2 Å². The molecule has 4 nitrogen and oxygen atoms in total. The molecule has 4 N–H and O–H groups in total. The summed E-state index contributed by atoms with van der Waals surface area (Å²) in [5, 5.41) is 10.6. The highest BCUT2D eigenvalue weighted by atomic mass is 16.1. The van der Waals surface area contributed by atoms with Crippen molar-refractivity contribution in [3.63, 3.8) is 0 Å². The van der Waals surface area contributed by atoms with E-state index < -0.39 is 0 Å². The van der Waals surface area contributed by atoms with E-state index in [1.54, 1.807) is 12.1 Å². The van der Waals surface area contributed by atoms with E-state index in [2.05, 4.69) is 17.2 Å². The van der Waals surface area contributed by atoms with E-state index in [0.29, 0.717) is 17.7 Å². The Hall–Kier alpha value is -3.84. The van der Waals surface area contributed by atoms with Gasteiger partial charge in [0.2, 0.25) is 0 Å². The molecular formula is C24H21N3O. The largest absolute Gasteiger partial charge is 0.384 e. The van der Waals surface area contributed by atoms with Crippen LogP contribution in [0.5, 0.6) is 0 Å². The topological polar surface area (TPSA) is 79.0 Å². The molecule has 138 valence electrons. The number of carbonyl (C=O) groups excluding carboxylic acids is 1. The second-order valence-corrected chi connectivity index (χ2v) is 6.37. The lowest BCUT2D eigenvalue weighted by molar-refractivity contribution is 0.103. The third-order valence-corrected chi connectivity index (χ3v) is 4.35. The van der Waals surface area contributed by atoms with Gasteiger partial charge in [-0.2, -0.15) is 0 Å². The van der Waals surface area contributed by atoms with E-state index in [4.69, 9.17) is 11.1 Å². The van der Waals surface area contributed by atoms with Crippen molar-refractivity contribution in [3.05, 3.63) is 101 Å². The van der Waals surface area contributed by atoms with Crippen LogP contribution >= 0.6 is 0 Å². The van der Waals surface area contributed by atoms with Crippen molar-refractivity contribution in [1.82, 2.24) is 0 Å². The molecule has 0 fully saturated rings. The molecule has 0 saturated heterocycles. The van der Waals surface area contributed by atoms with Crippen molar-refractivity contribution in [2.45, 2.75) is 6.92 Å². The molecule has 0 aromatic heterocycles. The fourth-order valence-corrected chi connectivity index (χ4v) is 2.75. The van der Waals surface area contributed by atoms with Crippen LogP contribution < -0.4 is 11.1 Å². The highest BCUT2D eigenvalue weighted by Crippen LogP contribution is 2.14. The second kappa shape index (κ2) is 8.70. The van der Waals surface area contributed by atoms with Crippen molar-refractivity contribution in [3.8, 4) is 11.8 Å². The maximum atomic E-state index is 12.6. The molecule has 0 aliphatic rings. The minimum atomic E-state index is 0.0216. The van der Waals surface area contributed by atoms with E-state index in [0.717, 1.165) is 22.4 Å². The predicted octanol–water partition coefficient (Wildman–Crippen LogP) is 3.97. The third kappa shape index (κ3) is 4.66. The summed E-state index contributed by atoms with van der Waals surface area (Å²) in [6.07, 6.45) is 0. The number of nitrogens with one attached hydrogen (secondary N) is 2. The lowest BCUT2D eigenvalue weighted by atomic mass is 9.98. The van der Waals surface area contributed by atoms with Crippen molar-refractivity contribution in [1.29, 1.82) is 5.41 Å². The molecule has 0 heterocycles. The molecule has 3 aromatic rings. The van der Waals surface area contributed by atoms with Gasteiger partial charge in [-0.1, -0.05) is 36.1 Å². The van der Waals surface area contributed by atoms with Gasteiger partial charge in [0.25, 0.3) is 0 Å². The molecule has 0 atom stereocenters. The highest BCUT2D eigenvalue weighted by Gasteiger charge is 2.10. The summed E-state index contributed by atoms with van der Waals surface area (Å²) in [7, 11) is 0. The molecule has 0 spiro atoms. The fraction of sp³-hybridized carbons (Fsp3) is 0.0833. The Bertz CT molecular complexity index is 1060. The Morgan fingerprint density at radius 1 is 0.964 bits per heavy atom. The van der Waals surface area contributed by atoms with Crippen LogP contribution in [-0.2, 0) is 0 Å². The van der Waals surface area contributed by atoms with Gasteiger partial charge < -0.3 is 11.1 Å². The lowest BCUT2D eigenvalue weighted by Gasteiger charge is -2.05. The van der Waals surface area contributed by atoms with Gasteiger partial charge in [-0.15, -0.1) is 0 Å². The monoisotopic (exact) mass is 367 g/mol. The number of hydrogen-bond acceptors (Lipinski definition) is 3. The van der Waals surface area contributed by atoms with Gasteiger partial charge in [0, 0.05) is 27.9 Å². The molecule has 0 saturated carbocycles. The summed E-state index contributed by atoms with van der Waals surface area (Å²) in [4.78, 5) is 12.6. The Morgan fingerprint density at radius 2 is 1.61 bits per heavy atom. The molecular weight excluding hydrogens is 346 g/mol. The first-order chi connectivity index (χ1) is 13.5. The van der Waals surface area contributed by atoms with Gasteiger partial charge in [0.15, 0.2) is 5.78 Å². The number of nitrogens with two attached hydrogens (primary N) is 1. The summed E-state index contributed by atoms with van der Waals surface area (Å²) >= 11 is 0. The molecule has 28 heavy (non-hydrogen) atoms. The minimum absolute atomic E-state index is 0.0216. The minimum Gasteiger partial charge on any atom is -0.384 e. The first-order valence-corrected chi connectivity index (χ1v) is 8.92. The summed E-state index contributed by atoms with van der Waals surface area (Å²) in [5.41, 5.74) is 10.3. The Kier molecular flexibility index (Phi) is 5.88.